The molecule has 0 radical (unpaired) electrons. The quantitative estimate of drug-likeness (QED) is 0.656. The fourth-order valence-electron chi connectivity index (χ4n) is 2.09. The van der Waals surface area contributed by atoms with Crippen LogP contribution in [0.3, 0.4) is 0 Å². The summed E-state index contributed by atoms with van der Waals surface area (Å²) in [6, 6.07) is 11.9. The molecule has 19 heavy (non-hydrogen) atoms. The summed E-state index contributed by atoms with van der Waals surface area (Å²) in [5.41, 5.74) is 2.10. The summed E-state index contributed by atoms with van der Waals surface area (Å²) in [7, 11) is 0. The van der Waals surface area contributed by atoms with E-state index in [2.05, 4.69) is 22.2 Å². The minimum atomic E-state index is 0.734. The standard InChI is InChI=1S/C16H14N2O/c1-2-11-18-15-8-4-3-7-14(15)17-16(18)10-9-13-6-5-12-19-13/h2-10,12H,1,11H2. The van der Waals surface area contributed by atoms with Crippen molar-refractivity contribution < 1.29 is 4.42 Å². The molecule has 0 saturated carbocycles. The van der Waals surface area contributed by atoms with Gasteiger partial charge in [0.15, 0.2) is 0 Å². The molecule has 0 fully saturated rings. The molecule has 2 heterocycles. The maximum absolute atomic E-state index is 5.29. The first-order valence-electron chi connectivity index (χ1n) is 6.16. The van der Waals surface area contributed by atoms with Crippen LogP contribution in [-0.4, -0.2) is 9.55 Å². The summed E-state index contributed by atoms with van der Waals surface area (Å²) in [4.78, 5) is 4.62. The van der Waals surface area contributed by atoms with Crippen LogP contribution in [0.4, 0.5) is 0 Å². The van der Waals surface area contributed by atoms with Crippen molar-refractivity contribution in [3.05, 3.63) is 66.9 Å². The van der Waals surface area contributed by atoms with E-state index in [1.165, 1.54) is 0 Å². The second-order valence-electron chi connectivity index (χ2n) is 4.21. The van der Waals surface area contributed by atoms with E-state index in [9.17, 15) is 0 Å². The van der Waals surface area contributed by atoms with Crippen LogP contribution in [0, 0.1) is 0 Å². The lowest BCUT2D eigenvalue weighted by Crippen LogP contribution is -1.97. The van der Waals surface area contributed by atoms with Gasteiger partial charge in [-0.25, -0.2) is 4.98 Å². The second kappa shape index (κ2) is 4.98. The number of hydrogen-bond acceptors (Lipinski definition) is 2. The maximum atomic E-state index is 5.29. The van der Waals surface area contributed by atoms with Crippen molar-refractivity contribution in [3.8, 4) is 0 Å². The van der Waals surface area contributed by atoms with E-state index in [1.807, 2.05) is 48.6 Å². The Balaban J connectivity index is 2.06. The van der Waals surface area contributed by atoms with Crippen LogP contribution in [0.1, 0.15) is 11.6 Å². The Morgan fingerprint density at radius 3 is 2.84 bits per heavy atom. The van der Waals surface area contributed by atoms with E-state index in [4.69, 9.17) is 4.42 Å². The van der Waals surface area contributed by atoms with Gasteiger partial charge < -0.3 is 8.98 Å². The van der Waals surface area contributed by atoms with Gasteiger partial charge >= 0.3 is 0 Å². The third-order valence-electron chi connectivity index (χ3n) is 2.94. The summed E-state index contributed by atoms with van der Waals surface area (Å²) in [5.74, 6) is 1.72. The van der Waals surface area contributed by atoms with Gasteiger partial charge in [-0.15, -0.1) is 6.58 Å². The Morgan fingerprint density at radius 2 is 2.05 bits per heavy atom. The van der Waals surface area contributed by atoms with Crippen molar-refractivity contribution in [2.45, 2.75) is 6.54 Å². The molecule has 2 aromatic heterocycles. The molecular formula is C16H14N2O. The zero-order valence-electron chi connectivity index (χ0n) is 10.5. The van der Waals surface area contributed by atoms with Crippen LogP contribution in [0.5, 0.6) is 0 Å². The van der Waals surface area contributed by atoms with Gasteiger partial charge in [0.05, 0.1) is 17.3 Å². The average Bonchev–Trinajstić information content (AvgIpc) is 3.05. The van der Waals surface area contributed by atoms with Crippen LogP contribution in [-0.2, 0) is 6.54 Å². The first-order chi connectivity index (χ1) is 9.38. The van der Waals surface area contributed by atoms with Gasteiger partial charge in [0.1, 0.15) is 11.6 Å². The molecule has 0 saturated heterocycles. The van der Waals surface area contributed by atoms with Gasteiger partial charge in [-0.3, -0.25) is 0 Å². The van der Waals surface area contributed by atoms with Gasteiger partial charge in [-0.1, -0.05) is 18.2 Å². The Bertz CT molecular complexity index is 720. The maximum Gasteiger partial charge on any atom is 0.134 e. The Morgan fingerprint density at radius 1 is 1.16 bits per heavy atom. The van der Waals surface area contributed by atoms with Crippen molar-refractivity contribution in [2.24, 2.45) is 0 Å². The number of nitrogens with zero attached hydrogens (tertiary/aromatic N) is 2. The van der Waals surface area contributed by atoms with Crippen molar-refractivity contribution in [3.63, 3.8) is 0 Å². The largest absolute Gasteiger partial charge is 0.465 e. The summed E-state index contributed by atoms with van der Waals surface area (Å²) in [5, 5.41) is 0. The molecule has 0 amide bonds. The molecule has 0 atom stereocenters. The molecule has 3 rings (SSSR count). The number of hydrogen-bond donors (Lipinski definition) is 0. The highest BCUT2D eigenvalue weighted by Gasteiger charge is 2.06. The first-order valence-corrected chi connectivity index (χ1v) is 6.16. The van der Waals surface area contributed by atoms with E-state index in [1.54, 1.807) is 6.26 Å². The van der Waals surface area contributed by atoms with Crippen molar-refractivity contribution >= 4 is 23.2 Å². The third kappa shape index (κ3) is 2.22. The average molecular weight is 250 g/mol. The van der Waals surface area contributed by atoms with E-state index >= 15 is 0 Å². The topological polar surface area (TPSA) is 31.0 Å². The normalized spacial score (nSPS) is 11.4. The Kier molecular flexibility index (Phi) is 3.02. The fourth-order valence-corrected chi connectivity index (χ4v) is 2.09. The van der Waals surface area contributed by atoms with Crippen LogP contribution in [0.15, 0.2) is 59.7 Å². The Labute approximate surface area is 111 Å². The molecule has 3 nitrogen and oxygen atoms in total. The van der Waals surface area contributed by atoms with Crippen LogP contribution < -0.4 is 0 Å². The lowest BCUT2D eigenvalue weighted by atomic mass is 10.3. The molecular weight excluding hydrogens is 236 g/mol. The monoisotopic (exact) mass is 250 g/mol. The van der Waals surface area contributed by atoms with Gasteiger partial charge in [-0.2, -0.15) is 0 Å². The molecule has 0 unspecified atom stereocenters. The number of imidazole rings is 1. The van der Waals surface area contributed by atoms with Crippen molar-refractivity contribution in [1.82, 2.24) is 9.55 Å². The first kappa shape index (κ1) is 11.5. The minimum absolute atomic E-state index is 0.734. The number of allylic oxidation sites excluding steroid dienone is 1. The number of aromatic nitrogens is 2. The molecule has 0 aliphatic carbocycles. The molecule has 3 heteroatoms. The Hall–Kier alpha value is -2.55. The number of benzene rings is 1. The molecule has 94 valence electrons. The van der Waals surface area contributed by atoms with Crippen LogP contribution >= 0.6 is 0 Å². The number of rotatable bonds is 4. The number of fused-ring (bicyclic) bond motifs is 1. The van der Waals surface area contributed by atoms with E-state index in [0.29, 0.717) is 0 Å². The summed E-state index contributed by atoms with van der Waals surface area (Å²) >= 11 is 0. The SMILES string of the molecule is C=CCn1c(C=Cc2ccco2)nc2ccccc21. The minimum Gasteiger partial charge on any atom is -0.465 e. The molecule has 1 aromatic carbocycles. The summed E-state index contributed by atoms with van der Waals surface area (Å²) in [6.45, 7) is 4.54. The molecule has 0 bridgehead atoms. The number of furan rings is 1. The van der Waals surface area contributed by atoms with Gasteiger partial charge in [0, 0.05) is 6.54 Å². The molecule has 0 spiro atoms. The predicted octanol–water partition coefficient (Wildman–Crippen LogP) is 3.99. The highest BCUT2D eigenvalue weighted by atomic mass is 16.3. The summed E-state index contributed by atoms with van der Waals surface area (Å²) in [6.07, 6.45) is 7.41. The lowest BCUT2D eigenvalue weighted by Gasteiger charge is -2.02. The van der Waals surface area contributed by atoms with Crippen molar-refractivity contribution in [1.29, 1.82) is 0 Å². The zero-order valence-corrected chi connectivity index (χ0v) is 10.5. The molecule has 0 N–H and O–H groups in total. The van der Waals surface area contributed by atoms with Gasteiger partial charge in [-0.05, 0) is 36.4 Å². The predicted molar refractivity (Wildman–Crippen MR) is 77.6 cm³/mol. The summed E-state index contributed by atoms with van der Waals surface area (Å²) < 4.78 is 7.41. The highest BCUT2D eigenvalue weighted by molar-refractivity contribution is 5.79. The van der Waals surface area contributed by atoms with Crippen LogP contribution in [0.25, 0.3) is 23.2 Å². The molecule has 0 aliphatic heterocycles. The third-order valence-corrected chi connectivity index (χ3v) is 2.94. The zero-order chi connectivity index (χ0) is 13.1. The molecule has 3 aromatic rings. The second-order valence-corrected chi connectivity index (χ2v) is 4.21. The molecule has 0 aliphatic rings. The van der Waals surface area contributed by atoms with E-state index in [-0.39, 0.29) is 0 Å². The number of para-hydroxylation sites is 2. The van der Waals surface area contributed by atoms with E-state index < -0.39 is 0 Å². The smallest absolute Gasteiger partial charge is 0.134 e. The van der Waals surface area contributed by atoms with Gasteiger partial charge in [0.2, 0.25) is 0 Å². The highest BCUT2D eigenvalue weighted by Crippen LogP contribution is 2.18. The van der Waals surface area contributed by atoms with Crippen LogP contribution in [0.2, 0.25) is 0 Å². The fraction of sp³-hybridized carbons (Fsp3) is 0.0625. The van der Waals surface area contributed by atoms with Crippen molar-refractivity contribution in [2.75, 3.05) is 0 Å². The van der Waals surface area contributed by atoms with E-state index in [0.717, 1.165) is 29.2 Å². The lowest BCUT2D eigenvalue weighted by molar-refractivity contribution is 0.557. The van der Waals surface area contributed by atoms with Gasteiger partial charge in [0.25, 0.3) is 0 Å².